The predicted octanol–water partition coefficient (Wildman–Crippen LogP) is 5.18. The van der Waals surface area contributed by atoms with Crippen LogP contribution in [0.5, 0.6) is 0 Å². The van der Waals surface area contributed by atoms with Crippen LogP contribution in [-0.4, -0.2) is 27.4 Å². The highest BCUT2D eigenvalue weighted by Gasteiger charge is 2.16. The summed E-state index contributed by atoms with van der Waals surface area (Å²) >= 11 is 3.15. The standard InChI is InChI=1S/C21H21N5OS2/c1-12-13(2)29-21(25-12)26-16(27)9-10-22-19-18-17(15-7-5-4-6-8-15)14(3)28-20(18)24-11-23-19/h4-8,11H,9-10H2,1-3H3,(H,22,23,24)(H,25,26,27). The van der Waals surface area contributed by atoms with Gasteiger partial charge in [0.15, 0.2) is 5.13 Å². The lowest BCUT2D eigenvalue weighted by Gasteiger charge is -2.09. The summed E-state index contributed by atoms with van der Waals surface area (Å²) in [4.78, 5) is 28.8. The number of hydrogen-bond donors (Lipinski definition) is 2. The Kier molecular flexibility index (Phi) is 5.55. The van der Waals surface area contributed by atoms with Gasteiger partial charge in [0.2, 0.25) is 5.91 Å². The van der Waals surface area contributed by atoms with Gasteiger partial charge in [-0.25, -0.2) is 15.0 Å². The molecule has 0 aliphatic carbocycles. The van der Waals surface area contributed by atoms with Gasteiger partial charge in [-0.2, -0.15) is 0 Å². The third-order valence-corrected chi connectivity index (χ3v) is 6.65. The third-order valence-electron chi connectivity index (χ3n) is 4.65. The Bertz CT molecular complexity index is 1150. The van der Waals surface area contributed by atoms with Gasteiger partial charge in [-0.3, -0.25) is 4.79 Å². The van der Waals surface area contributed by atoms with E-state index in [1.54, 1.807) is 17.7 Å². The van der Waals surface area contributed by atoms with Gasteiger partial charge in [0, 0.05) is 28.3 Å². The van der Waals surface area contributed by atoms with Gasteiger partial charge >= 0.3 is 0 Å². The molecule has 2 N–H and O–H groups in total. The van der Waals surface area contributed by atoms with Crippen molar-refractivity contribution in [2.45, 2.75) is 27.2 Å². The second kappa shape index (κ2) is 8.26. The number of carbonyl (C=O) groups is 1. The average molecular weight is 424 g/mol. The van der Waals surface area contributed by atoms with Crippen LogP contribution in [-0.2, 0) is 4.79 Å². The van der Waals surface area contributed by atoms with Crippen LogP contribution in [0.2, 0.25) is 0 Å². The summed E-state index contributed by atoms with van der Waals surface area (Å²) in [6.45, 7) is 6.52. The summed E-state index contributed by atoms with van der Waals surface area (Å²) in [6.07, 6.45) is 1.89. The van der Waals surface area contributed by atoms with E-state index in [1.165, 1.54) is 16.2 Å². The minimum absolute atomic E-state index is 0.0682. The zero-order valence-corrected chi connectivity index (χ0v) is 18.1. The molecule has 4 aromatic rings. The highest BCUT2D eigenvalue weighted by atomic mass is 32.1. The third kappa shape index (κ3) is 4.13. The topological polar surface area (TPSA) is 79.8 Å². The minimum atomic E-state index is -0.0682. The number of thiazole rings is 1. The van der Waals surface area contributed by atoms with Crippen LogP contribution >= 0.6 is 22.7 Å². The van der Waals surface area contributed by atoms with Crippen LogP contribution in [0.15, 0.2) is 36.7 Å². The molecule has 8 heteroatoms. The van der Waals surface area contributed by atoms with Gasteiger partial charge in [0.1, 0.15) is 17.0 Å². The molecule has 1 aromatic carbocycles. The molecular weight excluding hydrogens is 402 g/mol. The normalized spacial score (nSPS) is 11.0. The molecule has 0 spiro atoms. The highest BCUT2D eigenvalue weighted by Crippen LogP contribution is 2.40. The van der Waals surface area contributed by atoms with Gasteiger partial charge in [-0.15, -0.1) is 22.7 Å². The van der Waals surface area contributed by atoms with Crippen LogP contribution in [0.4, 0.5) is 10.9 Å². The molecule has 29 heavy (non-hydrogen) atoms. The molecule has 0 bridgehead atoms. The summed E-state index contributed by atoms with van der Waals surface area (Å²) in [5.74, 6) is 0.688. The van der Waals surface area contributed by atoms with E-state index >= 15 is 0 Å². The van der Waals surface area contributed by atoms with E-state index in [9.17, 15) is 4.79 Å². The molecule has 0 radical (unpaired) electrons. The summed E-state index contributed by atoms with van der Waals surface area (Å²) in [6, 6.07) is 10.3. The second-order valence-corrected chi connectivity index (χ2v) is 9.09. The maximum atomic E-state index is 12.3. The average Bonchev–Trinajstić information content (AvgIpc) is 3.20. The van der Waals surface area contributed by atoms with Crippen molar-refractivity contribution >= 4 is 49.7 Å². The summed E-state index contributed by atoms with van der Waals surface area (Å²) in [7, 11) is 0. The quantitative estimate of drug-likeness (QED) is 0.447. The SMILES string of the molecule is Cc1nc(NC(=O)CCNc2ncnc3sc(C)c(-c4ccccc4)c23)sc1C. The number of rotatable bonds is 6. The molecule has 0 aliphatic rings. The zero-order chi connectivity index (χ0) is 20.4. The first-order chi connectivity index (χ1) is 14.0. The van der Waals surface area contributed by atoms with E-state index in [4.69, 9.17) is 0 Å². The first kappa shape index (κ1) is 19.5. The van der Waals surface area contributed by atoms with Crippen molar-refractivity contribution in [3.63, 3.8) is 0 Å². The molecule has 0 saturated heterocycles. The van der Waals surface area contributed by atoms with Gasteiger partial charge < -0.3 is 10.6 Å². The number of anilines is 2. The fraction of sp³-hybridized carbons (Fsp3) is 0.238. The number of benzene rings is 1. The van der Waals surface area contributed by atoms with E-state index in [0.717, 1.165) is 37.7 Å². The number of carbonyl (C=O) groups excluding carboxylic acids is 1. The van der Waals surface area contributed by atoms with E-state index in [0.29, 0.717) is 18.1 Å². The lowest BCUT2D eigenvalue weighted by Crippen LogP contribution is -2.16. The second-order valence-electron chi connectivity index (χ2n) is 6.69. The molecule has 0 atom stereocenters. The largest absolute Gasteiger partial charge is 0.369 e. The number of nitrogens with one attached hydrogen (secondary N) is 2. The lowest BCUT2D eigenvalue weighted by atomic mass is 10.0. The molecule has 3 aromatic heterocycles. The van der Waals surface area contributed by atoms with Crippen molar-refractivity contribution in [2.24, 2.45) is 0 Å². The summed E-state index contributed by atoms with van der Waals surface area (Å²) < 4.78 is 0. The number of amides is 1. The Morgan fingerprint density at radius 2 is 1.83 bits per heavy atom. The number of aryl methyl sites for hydroxylation is 3. The first-order valence-corrected chi connectivity index (χ1v) is 10.9. The summed E-state index contributed by atoms with van der Waals surface area (Å²) in [5, 5.41) is 7.84. The van der Waals surface area contributed by atoms with E-state index in [1.807, 2.05) is 32.0 Å². The maximum Gasteiger partial charge on any atom is 0.227 e. The van der Waals surface area contributed by atoms with E-state index in [2.05, 4.69) is 44.6 Å². The Balaban J connectivity index is 1.50. The van der Waals surface area contributed by atoms with Crippen LogP contribution in [0.3, 0.4) is 0 Å². The molecule has 1 amide bonds. The van der Waals surface area contributed by atoms with Crippen molar-refractivity contribution in [3.05, 3.63) is 52.1 Å². The zero-order valence-electron chi connectivity index (χ0n) is 16.4. The highest BCUT2D eigenvalue weighted by molar-refractivity contribution is 7.19. The Hall–Kier alpha value is -2.84. The Labute approximate surface area is 177 Å². The lowest BCUT2D eigenvalue weighted by molar-refractivity contribution is -0.115. The van der Waals surface area contributed by atoms with Crippen molar-refractivity contribution in [2.75, 3.05) is 17.2 Å². The number of fused-ring (bicyclic) bond motifs is 1. The van der Waals surface area contributed by atoms with Gasteiger partial charge in [-0.05, 0) is 26.3 Å². The van der Waals surface area contributed by atoms with Crippen molar-refractivity contribution in [1.82, 2.24) is 15.0 Å². The van der Waals surface area contributed by atoms with Gasteiger partial charge in [0.25, 0.3) is 0 Å². The number of hydrogen-bond acceptors (Lipinski definition) is 7. The molecule has 6 nitrogen and oxygen atoms in total. The van der Waals surface area contributed by atoms with Crippen molar-refractivity contribution in [1.29, 1.82) is 0 Å². The minimum Gasteiger partial charge on any atom is -0.369 e. The van der Waals surface area contributed by atoms with Crippen LogP contribution < -0.4 is 10.6 Å². The Morgan fingerprint density at radius 1 is 1.03 bits per heavy atom. The fourth-order valence-corrected chi connectivity index (χ4v) is 4.98. The first-order valence-electron chi connectivity index (χ1n) is 9.30. The molecule has 0 aliphatic heterocycles. The van der Waals surface area contributed by atoms with Gasteiger partial charge in [-0.1, -0.05) is 30.3 Å². The molecule has 0 saturated carbocycles. The number of nitrogens with zero attached hydrogens (tertiary/aromatic N) is 3. The van der Waals surface area contributed by atoms with Crippen LogP contribution in [0.25, 0.3) is 21.3 Å². The predicted molar refractivity (Wildman–Crippen MR) is 121 cm³/mol. The smallest absolute Gasteiger partial charge is 0.227 e. The molecule has 0 fully saturated rings. The molecule has 0 unspecified atom stereocenters. The van der Waals surface area contributed by atoms with Gasteiger partial charge in [0.05, 0.1) is 11.1 Å². The van der Waals surface area contributed by atoms with Crippen molar-refractivity contribution in [3.8, 4) is 11.1 Å². The molecule has 4 rings (SSSR count). The number of aromatic nitrogens is 3. The summed E-state index contributed by atoms with van der Waals surface area (Å²) in [5.41, 5.74) is 3.24. The molecule has 148 valence electrons. The Morgan fingerprint density at radius 3 is 2.55 bits per heavy atom. The van der Waals surface area contributed by atoms with Crippen LogP contribution in [0, 0.1) is 20.8 Å². The fourth-order valence-electron chi connectivity index (χ4n) is 3.13. The maximum absolute atomic E-state index is 12.3. The van der Waals surface area contributed by atoms with E-state index < -0.39 is 0 Å². The van der Waals surface area contributed by atoms with Crippen LogP contribution in [0.1, 0.15) is 21.9 Å². The molecular formula is C21H21N5OS2. The van der Waals surface area contributed by atoms with E-state index in [-0.39, 0.29) is 5.91 Å². The molecule has 3 heterocycles. The monoisotopic (exact) mass is 423 g/mol. The van der Waals surface area contributed by atoms with Crippen molar-refractivity contribution < 1.29 is 4.79 Å². The number of thiophene rings is 1.